The van der Waals surface area contributed by atoms with E-state index in [2.05, 4.69) is 0 Å². The molecule has 1 fully saturated rings. The fraction of sp³-hybridized carbons (Fsp3) is 1.00. The summed E-state index contributed by atoms with van der Waals surface area (Å²) in [7, 11) is 0. The third-order valence-corrected chi connectivity index (χ3v) is 1.17. The predicted molar refractivity (Wildman–Crippen MR) is 29.1 cm³/mol. The molecule has 0 bridgehead atoms. The Bertz CT molecular complexity index is 61.4. The first-order chi connectivity index (χ1) is 3.93. The summed E-state index contributed by atoms with van der Waals surface area (Å²) in [6, 6.07) is 0. The number of hydrogen-bond donors (Lipinski definition) is 1. The van der Waals surface area contributed by atoms with Crippen LogP contribution < -0.4 is 5.73 Å². The minimum absolute atomic E-state index is 0.0139. The molecule has 0 aromatic carbocycles. The van der Waals surface area contributed by atoms with E-state index in [1.54, 1.807) is 0 Å². The number of hydrogen-bond acceptors (Lipinski definition) is 3. The molecule has 0 radical (unpaired) electrons. The van der Waals surface area contributed by atoms with Gasteiger partial charge in [0, 0.05) is 13.0 Å². The van der Waals surface area contributed by atoms with Crippen LogP contribution in [0.25, 0.3) is 0 Å². The molecule has 0 amide bonds. The summed E-state index contributed by atoms with van der Waals surface area (Å²) < 4.78 is 10.0. The van der Waals surface area contributed by atoms with Gasteiger partial charge < -0.3 is 15.2 Å². The highest BCUT2D eigenvalue weighted by atomic mass is 16.7. The van der Waals surface area contributed by atoms with E-state index in [1.165, 1.54) is 0 Å². The second-order valence-corrected chi connectivity index (χ2v) is 1.78. The van der Waals surface area contributed by atoms with Gasteiger partial charge in [0.05, 0.1) is 6.73 Å². The molecule has 1 atom stereocenters. The Morgan fingerprint density at radius 3 is 3.12 bits per heavy atom. The number of nitrogens with two attached hydrogens (primary N) is 1. The average Bonchev–Trinajstić information content (AvgIpc) is 2.19. The molecule has 1 saturated heterocycles. The van der Waals surface area contributed by atoms with Crippen molar-refractivity contribution in [3.63, 3.8) is 0 Å². The van der Waals surface area contributed by atoms with Gasteiger partial charge in [-0.15, -0.1) is 0 Å². The van der Waals surface area contributed by atoms with Crippen molar-refractivity contribution in [2.75, 3.05) is 13.3 Å². The lowest BCUT2D eigenvalue weighted by Gasteiger charge is -2.06. The molecule has 2 N–H and O–H groups in total. The molecule has 0 aromatic heterocycles. The first kappa shape index (κ1) is 6.01. The summed E-state index contributed by atoms with van der Waals surface area (Å²) >= 11 is 0. The van der Waals surface area contributed by atoms with Crippen LogP contribution in [0, 0.1) is 0 Å². The topological polar surface area (TPSA) is 44.5 Å². The average molecular weight is 117 g/mol. The van der Waals surface area contributed by atoms with Crippen LogP contribution in [-0.2, 0) is 9.47 Å². The van der Waals surface area contributed by atoms with Gasteiger partial charge in [0.1, 0.15) is 0 Å². The Balaban J connectivity index is 2.06. The molecule has 1 aliphatic rings. The van der Waals surface area contributed by atoms with Crippen LogP contribution in [0.1, 0.15) is 12.8 Å². The van der Waals surface area contributed by atoms with Crippen molar-refractivity contribution in [2.45, 2.75) is 19.1 Å². The maximum atomic E-state index is 5.11. The molecular weight excluding hydrogens is 106 g/mol. The van der Waals surface area contributed by atoms with Gasteiger partial charge in [0.2, 0.25) is 0 Å². The summed E-state index contributed by atoms with van der Waals surface area (Å²) in [5.41, 5.74) is 5.11. The third-order valence-electron chi connectivity index (χ3n) is 1.17. The zero-order valence-electron chi connectivity index (χ0n) is 4.80. The van der Waals surface area contributed by atoms with Gasteiger partial charge in [-0.25, -0.2) is 0 Å². The van der Waals surface area contributed by atoms with Crippen molar-refractivity contribution < 1.29 is 9.47 Å². The van der Waals surface area contributed by atoms with E-state index in [4.69, 9.17) is 15.2 Å². The monoisotopic (exact) mass is 117 g/mol. The van der Waals surface area contributed by atoms with Crippen molar-refractivity contribution in [3.8, 4) is 0 Å². The fourth-order valence-corrected chi connectivity index (χ4v) is 0.787. The predicted octanol–water partition coefficient (Wildman–Crippen LogP) is 0.0557. The van der Waals surface area contributed by atoms with Crippen molar-refractivity contribution >= 4 is 0 Å². The Kier molecular flexibility index (Phi) is 2.27. The standard InChI is InChI=1S/C5H11NO2/c6-4-8-5-2-1-3-7-5/h5H,1-4,6H2. The van der Waals surface area contributed by atoms with Crippen molar-refractivity contribution in [2.24, 2.45) is 5.73 Å². The van der Waals surface area contributed by atoms with Crippen LogP contribution in [0.5, 0.6) is 0 Å². The van der Waals surface area contributed by atoms with E-state index < -0.39 is 0 Å². The first-order valence-electron chi connectivity index (χ1n) is 2.87. The van der Waals surface area contributed by atoms with Gasteiger partial charge in [0.25, 0.3) is 0 Å². The molecule has 1 rings (SSSR count). The van der Waals surface area contributed by atoms with E-state index in [1.807, 2.05) is 0 Å². The van der Waals surface area contributed by atoms with Gasteiger partial charge in [-0.3, -0.25) is 0 Å². The summed E-state index contributed by atoms with van der Waals surface area (Å²) in [6.45, 7) is 1.09. The minimum Gasteiger partial charge on any atom is -0.353 e. The zero-order chi connectivity index (χ0) is 5.82. The molecule has 0 aliphatic carbocycles. The van der Waals surface area contributed by atoms with Gasteiger partial charge in [-0.05, 0) is 6.42 Å². The molecule has 0 aromatic rings. The highest BCUT2D eigenvalue weighted by Crippen LogP contribution is 2.11. The van der Waals surface area contributed by atoms with Crippen LogP contribution >= 0.6 is 0 Å². The first-order valence-corrected chi connectivity index (χ1v) is 2.87. The largest absolute Gasteiger partial charge is 0.353 e. The Morgan fingerprint density at radius 1 is 1.75 bits per heavy atom. The van der Waals surface area contributed by atoms with E-state index in [0.29, 0.717) is 0 Å². The van der Waals surface area contributed by atoms with Gasteiger partial charge in [-0.2, -0.15) is 0 Å². The molecule has 48 valence electrons. The van der Waals surface area contributed by atoms with Crippen molar-refractivity contribution in [3.05, 3.63) is 0 Å². The molecular formula is C5H11NO2. The molecule has 8 heavy (non-hydrogen) atoms. The van der Waals surface area contributed by atoms with Crippen molar-refractivity contribution in [1.82, 2.24) is 0 Å². The molecule has 0 spiro atoms. The minimum atomic E-state index is -0.0139. The fourth-order valence-electron chi connectivity index (χ4n) is 0.787. The van der Waals surface area contributed by atoms with Crippen LogP contribution in [-0.4, -0.2) is 19.6 Å². The van der Waals surface area contributed by atoms with Gasteiger partial charge in [-0.1, -0.05) is 0 Å². The molecule has 1 aliphatic heterocycles. The number of rotatable bonds is 2. The third kappa shape index (κ3) is 1.43. The zero-order valence-corrected chi connectivity index (χ0v) is 4.80. The molecule has 0 saturated carbocycles. The molecule has 1 unspecified atom stereocenters. The van der Waals surface area contributed by atoms with Gasteiger partial charge >= 0.3 is 0 Å². The smallest absolute Gasteiger partial charge is 0.159 e. The number of ether oxygens (including phenoxy) is 2. The van der Waals surface area contributed by atoms with E-state index >= 15 is 0 Å². The highest BCUT2D eigenvalue weighted by molar-refractivity contribution is 4.52. The summed E-state index contributed by atoms with van der Waals surface area (Å²) in [6.07, 6.45) is 2.09. The molecule has 3 heteroatoms. The normalized spacial score (nSPS) is 28.9. The maximum Gasteiger partial charge on any atom is 0.159 e. The lowest BCUT2D eigenvalue weighted by Crippen LogP contribution is -2.15. The lowest BCUT2D eigenvalue weighted by molar-refractivity contribution is -0.109. The summed E-state index contributed by atoms with van der Waals surface area (Å²) in [5.74, 6) is 0. The van der Waals surface area contributed by atoms with Crippen LogP contribution in [0.3, 0.4) is 0 Å². The maximum absolute atomic E-state index is 5.11. The Morgan fingerprint density at radius 2 is 2.62 bits per heavy atom. The highest BCUT2D eigenvalue weighted by Gasteiger charge is 2.13. The van der Waals surface area contributed by atoms with Gasteiger partial charge in [0.15, 0.2) is 6.29 Å². The molecule has 1 heterocycles. The Hall–Kier alpha value is -0.120. The van der Waals surface area contributed by atoms with Crippen LogP contribution in [0.4, 0.5) is 0 Å². The quantitative estimate of drug-likeness (QED) is 0.520. The summed E-state index contributed by atoms with van der Waals surface area (Å²) in [5, 5.41) is 0. The second-order valence-electron chi connectivity index (χ2n) is 1.78. The Labute approximate surface area is 48.8 Å². The second kappa shape index (κ2) is 3.02. The van der Waals surface area contributed by atoms with E-state index in [0.717, 1.165) is 19.4 Å². The SMILES string of the molecule is NCOC1CCCO1. The van der Waals surface area contributed by atoms with E-state index in [9.17, 15) is 0 Å². The molecule has 3 nitrogen and oxygen atoms in total. The van der Waals surface area contributed by atoms with E-state index in [-0.39, 0.29) is 13.0 Å². The van der Waals surface area contributed by atoms with Crippen LogP contribution in [0.2, 0.25) is 0 Å². The summed E-state index contributed by atoms with van der Waals surface area (Å²) in [4.78, 5) is 0. The van der Waals surface area contributed by atoms with Crippen LogP contribution in [0.15, 0.2) is 0 Å². The lowest BCUT2D eigenvalue weighted by atomic mass is 10.4. The van der Waals surface area contributed by atoms with Crippen molar-refractivity contribution in [1.29, 1.82) is 0 Å².